The highest BCUT2D eigenvalue weighted by Crippen LogP contribution is 2.25. The first-order chi connectivity index (χ1) is 14.6. The highest BCUT2D eigenvalue weighted by Gasteiger charge is 2.27. The Labute approximate surface area is 179 Å². The normalized spacial score (nSPS) is 14.0. The van der Waals surface area contributed by atoms with Gasteiger partial charge in [-0.25, -0.2) is 4.98 Å². The maximum atomic E-state index is 13.1. The van der Waals surface area contributed by atoms with E-state index in [1.54, 1.807) is 28.1 Å². The van der Waals surface area contributed by atoms with Crippen LogP contribution in [0.5, 0.6) is 0 Å². The van der Waals surface area contributed by atoms with Crippen LogP contribution in [0.25, 0.3) is 0 Å². The smallest absolute Gasteiger partial charge is 0.256 e. The molecular weight excluding hydrogens is 400 g/mol. The number of piperazine rings is 1. The highest BCUT2D eigenvalue weighted by atomic mass is 32.2. The van der Waals surface area contributed by atoms with Crippen molar-refractivity contribution in [1.29, 1.82) is 0 Å². The van der Waals surface area contributed by atoms with E-state index in [4.69, 9.17) is 4.52 Å². The fourth-order valence-electron chi connectivity index (χ4n) is 3.34. The lowest BCUT2D eigenvalue weighted by Gasteiger charge is -2.35. The number of thioether (sulfide) groups is 1. The lowest BCUT2D eigenvalue weighted by Crippen LogP contribution is -2.50. The number of hydrogen-bond acceptors (Lipinski definition) is 6. The van der Waals surface area contributed by atoms with Gasteiger partial charge in [0.05, 0.1) is 11.3 Å². The lowest BCUT2D eigenvalue weighted by atomic mass is 10.1. The summed E-state index contributed by atoms with van der Waals surface area (Å²) in [4.78, 5) is 33.7. The minimum atomic E-state index is -0.0613. The predicted molar refractivity (Wildman–Crippen MR) is 113 cm³/mol. The summed E-state index contributed by atoms with van der Waals surface area (Å²) in [5.41, 5.74) is 2.06. The van der Waals surface area contributed by atoms with E-state index in [9.17, 15) is 9.59 Å². The SMILES string of the molecule is Cc1cc(CSc2ncccc2C(=O)N2CCN(C(=O)c3ccccc3)CC2)no1. The van der Waals surface area contributed by atoms with Crippen molar-refractivity contribution in [2.24, 2.45) is 0 Å². The van der Waals surface area contributed by atoms with Gasteiger partial charge in [0.15, 0.2) is 0 Å². The Kier molecular flexibility index (Phi) is 6.13. The molecule has 1 fully saturated rings. The monoisotopic (exact) mass is 422 g/mol. The Bertz CT molecular complexity index is 1030. The summed E-state index contributed by atoms with van der Waals surface area (Å²) in [5.74, 6) is 1.27. The molecule has 1 aliphatic rings. The largest absolute Gasteiger partial charge is 0.361 e. The Morgan fingerprint density at radius 3 is 2.37 bits per heavy atom. The second kappa shape index (κ2) is 9.13. The van der Waals surface area contributed by atoms with Gasteiger partial charge >= 0.3 is 0 Å². The Balaban J connectivity index is 1.39. The van der Waals surface area contributed by atoms with Gasteiger partial charge in [-0.05, 0) is 31.2 Å². The van der Waals surface area contributed by atoms with Gasteiger partial charge in [-0.1, -0.05) is 35.1 Å². The average Bonchev–Trinajstić information content (AvgIpc) is 3.22. The van der Waals surface area contributed by atoms with Crippen molar-refractivity contribution >= 4 is 23.6 Å². The highest BCUT2D eigenvalue weighted by molar-refractivity contribution is 7.98. The Hall–Kier alpha value is -3.13. The number of aryl methyl sites for hydroxylation is 1. The molecule has 1 aromatic carbocycles. The Morgan fingerprint density at radius 2 is 1.70 bits per heavy atom. The van der Waals surface area contributed by atoms with E-state index in [2.05, 4.69) is 10.1 Å². The van der Waals surface area contributed by atoms with Crippen LogP contribution in [-0.2, 0) is 5.75 Å². The van der Waals surface area contributed by atoms with E-state index >= 15 is 0 Å². The van der Waals surface area contributed by atoms with E-state index in [1.165, 1.54) is 11.8 Å². The summed E-state index contributed by atoms with van der Waals surface area (Å²) in [6.45, 7) is 3.87. The summed E-state index contributed by atoms with van der Waals surface area (Å²) in [7, 11) is 0. The third kappa shape index (κ3) is 4.54. The number of nitrogens with zero attached hydrogens (tertiary/aromatic N) is 4. The van der Waals surface area contributed by atoms with Gasteiger partial charge in [-0.15, -0.1) is 0 Å². The fourth-order valence-corrected chi connectivity index (χ4v) is 4.21. The van der Waals surface area contributed by atoms with Crippen molar-refractivity contribution in [3.63, 3.8) is 0 Å². The first-order valence-electron chi connectivity index (χ1n) is 9.75. The summed E-state index contributed by atoms with van der Waals surface area (Å²) in [6.07, 6.45) is 1.68. The number of rotatable bonds is 5. The van der Waals surface area contributed by atoms with Crippen molar-refractivity contribution in [3.8, 4) is 0 Å². The molecule has 0 saturated carbocycles. The summed E-state index contributed by atoms with van der Waals surface area (Å²) in [5, 5.41) is 4.66. The molecule has 0 radical (unpaired) electrons. The molecule has 154 valence electrons. The molecule has 3 heterocycles. The molecule has 2 amide bonds. The van der Waals surface area contributed by atoms with Crippen LogP contribution in [0.15, 0.2) is 64.3 Å². The van der Waals surface area contributed by atoms with Crippen LogP contribution in [0.4, 0.5) is 0 Å². The van der Waals surface area contributed by atoms with Gasteiger partial charge < -0.3 is 14.3 Å². The van der Waals surface area contributed by atoms with E-state index < -0.39 is 0 Å². The van der Waals surface area contributed by atoms with E-state index in [-0.39, 0.29) is 11.8 Å². The zero-order chi connectivity index (χ0) is 20.9. The zero-order valence-corrected chi connectivity index (χ0v) is 17.5. The minimum absolute atomic E-state index is 0.00299. The van der Waals surface area contributed by atoms with E-state index in [0.29, 0.717) is 48.1 Å². The van der Waals surface area contributed by atoms with Crippen LogP contribution in [0.1, 0.15) is 32.2 Å². The first kappa shape index (κ1) is 20.2. The van der Waals surface area contributed by atoms with Gasteiger partial charge in [0.25, 0.3) is 11.8 Å². The van der Waals surface area contributed by atoms with Crippen molar-refractivity contribution in [1.82, 2.24) is 19.9 Å². The minimum Gasteiger partial charge on any atom is -0.361 e. The number of pyridine rings is 1. The zero-order valence-electron chi connectivity index (χ0n) is 16.7. The van der Waals surface area contributed by atoms with Crippen molar-refractivity contribution in [2.45, 2.75) is 17.7 Å². The molecule has 2 aromatic heterocycles. The third-order valence-corrected chi connectivity index (χ3v) is 5.95. The van der Waals surface area contributed by atoms with Crippen molar-refractivity contribution in [3.05, 3.63) is 77.3 Å². The second-order valence-corrected chi connectivity index (χ2v) is 7.99. The number of carbonyl (C=O) groups excluding carboxylic acids is 2. The maximum Gasteiger partial charge on any atom is 0.256 e. The molecule has 7 nitrogen and oxygen atoms in total. The van der Waals surface area contributed by atoms with Crippen LogP contribution >= 0.6 is 11.8 Å². The van der Waals surface area contributed by atoms with Crippen LogP contribution in [0.3, 0.4) is 0 Å². The van der Waals surface area contributed by atoms with Crippen LogP contribution in [0, 0.1) is 6.92 Å². The number of aromatic nitrogens is 2. The Morgan fingerprint density at radius 1 is 1.00 bits per heavy atom. The molecule has 0 aliphatic carbocycles. The van der Waals surface area contributed by atoms with E-state index in [0.717, 1.165) is 11.5 Å². The maximum absolute atomic E-state index is 13.1. The molecule has 0 bridgehead atoms. The molecule has 0 atom stereocenters. The van der Waals surface area contributed by atoms with Gasteiger partial charge in [0.1, 0.15) is 10.8 Å². The standard InChI is InChI=1S/C22H22N4O3S/c1-16-14-18(24-29-16)15-30-20-19(8-5-9-23-20)22(28)26-12-10-25(11-13-26)21(27)17-6-3-2-4-7-17/h2-9,14H,10-13,15H2,1H3. The summed E-state index contributed by atoms with van der Waals surface area (Å²) >= 11 is 1.46. The topological polar surface area (TPSA) is 79.5 Å². The van der Waals surface area contributed by atoms with Crippen LogP contribution in [0.2, 0.25) is 0 Å². The van der Waals surface area contributed by atoms with Crippen LogP contribution < -0.4 is 0 Å². The quantitative estimate of drug-likeness (QED) is 0.587. The molecule has 30 heavy (non-hydrogen) atoms. The molecule has 3 aromatic rings. The second-order valence-electron chi connectivity index (χ2n) is 7.02. The molecule has 8 heteroatoms. The van der Waals surface area contributed by atoms with E-state index in [1.807, 2.05) is 43.3 Å². The molecule has 1 aliphatic heterocycles. The number of amides is 2. The molecule has 0 N–H and O–H groups in total. The van der Waals surface area contributed by atoms with Crippen LogP contribution in [-0.4, -0.2) is 57.9 Å². The van der Waals surface area contributed by atoms with Gasteiger partial charge in [0, 0.05) is 49.8 Å². The number of carbonyl (C=O) groups is 2. The first-order valence-corrected chi connectivity index (χ1v) is 10.7. The van der Waals surface area contributed by atoms with Gasteiger partial charge in [-0.3, -0.25) is 9.59 Å². The van der Waals surface area contributed by atoms with Gasteiger partial charge in [0.2, 0.25) is 0 Å². The van der Waals surface area contributed by atoms with Crippen molar-refractivity contribution < 1.29 is 14.1 Å². The van der Waals surface area contributed by atoms with Crippen molar-refractivity contribution in [2.75, 3.05) is 26.2 Å². The average molecular weight is 423 g/mol. The number of benzene rings is 1. The fraction of sp³-hybridized carbons (Fsp3) is 0.273. The molecular formula is C22H22N4O3S. The third-order valence-electron chi connectivity index (χ3n) is 4.91. The summed E-state index contributed by atoms with van der Waals surface area (Å²) in [6, 6.07) is 14.7. The number of hydrogen-bond donors (Lipinski definition) is 0. The molecule has 0 spiro atoms. The molecule has 1 saturated heterocycles. The lowest BCUT2D eigenvalue weighted by molar-refractivity contribution is 0.0533. The van der Waals surface area contributed by atoms with Gasteiger partial charge in [-0.2, -0.15) is 0 Å². The molecule has 0 unspecified atom stereocenters. The summed E-state index contributed by atoms with van der Waals surface area (Å²) < 4.78 is 5.10. The predicted octanol–water partition coefficient (Wildman–Crippen LogP) is 3.27. The molecule has 4 rings (SSSR count).